The predicted octanol–water partition coefficient (Wildman–Crippen LogP) is 3.20. The van der Waals surface area contributed by atoms with Gasteiger partial charge < -0.3 is 29.4 Å². The number of rotatable bonds is 7. The van der Waals surface area contributed by atoms with E-state index in [1.165, 1.54) is 0 Å². The lowest BCUT2D eigenvalue weighted by molar-refractivity contribution is 0.324. The van der Waals surface area contributed by atoms with E-state index in [4.69, 9.17) is 24.2 Å². The number of benzene rings is 1. The van der Waals surface area contributed by atoms with Crippen LogP contribution >= 0.6 is 0 Å². The van der Waals surface area contributed by atoms with Gasteiger partial charge in [-0.05, 0) is 13.0 Å². The van der Waals surface area contributed by atoms with Gasteiger partial charge in [-0.3, -0.25) is 0 Å². The molecule has 1 aliphatic rings. The van der Waals surface area contributed by atoms with Crippen LogP contribution in [0.3, 0.4) is 0 Å². The van der Waals surface area contributed by atoms with Crippen molar-refractivity contribution in [1.82, 2.24) is 24.8 Å². The zero-order valence-electron chi connectivity index (χ0n) is 18.5. The van der Waals surface area contributed by atoms with E-state index in [0.29, 0.717) is 23.1 Å². The van der Waals surface area contributed by atoms with E-state index in [9.17, 15) is 0 Å². The highest BCUT2D eigenvalue weighted by Gasteiger charge is 2.20. The Morgan fingerprint density at radius 3 is 2.45 bits per heavy atom. The van der Waals surface area contributed by atoms with Crippen molar-refractivity contribution < 1.29 is 14.2 Å². The molecule has 1 aromatic carbocycles. The quantitative estimate of drug-likeness (QED) is 0.597. The number of imidazole rings is 1. The number of anilines is 2. The molecule has 0 fully saturated rings. The fourth-order valence-electron chi connectivity index (χ4n) is 3.61. The number of methoxy groups -OCH3 is 3. The van der Waals surface area contributed by atoms with Crippen LogP contribution in [0.1, 0.15) is 36.8 Å². The summed E-state index contributed by atoms with van der Waals surface area (Å²) in [5, 5.41) is 6.78. The van der Waals surface area contributed by atoms with Gasteiger partial charge in [0, 0.05) is 30.2 Å². The second kappa shape index (κ2) is 8.81. The van der Waals surface area contributed by atoms with Crippen LogP contribution in [0.4, 0.5) is 11.6 Å². The Bertz CT molecular complexity index is 1050. The maximum atomic E-state index is 5.46. The van der Waals surface area contributed by atoms with Crippen molar-refractivity contribution in [2.24, 2.45) is 0 Å². The van der Waals surface area contributed by atoms with E-state index in [2.05, 4.69) is 29.5 Å². The van der Waals surface area contributed by atoms with Crippen molar-refractivity contribution in [3.63, 3.8) is 0 Å². The summed E-state index contributed by atoms with van der Waals surface area (Å²) in [6.07, 6.45) is 4.52. The standard InChI is InChI=1S/C22H28N6O3/c1-13(2)21-25-16-10-23-7-6-15(16)22(27-21)26-19-11-28(12-24-19)14-8-17(29-3)20(31-5)18(9-14)30-4/h8-9,11-13,23H,6-7,10H2,1-5H3,(H,25,26,27). The van der Waals surface area contributed by atoms with E-state index in [-0.39, 0.29) is 5.92 Å². The third-order valence-corrected chi connectivity index (χ3v) is 5.25. The summed E-state index contributed by atoms with van der Waals surface area (Å²) in [5.41, 5.74) is 3.04. The van der Waals surface area contributed by atoms with E-state index in [1.54, 1.807) is 27.7 Å². The van der Waals surface area contributed by atoms with Crippen LogP contribution in [0.5, 0.6) is 17.2 Å². The Balaban J connectivity index is 1.67. The maximum absolute atomic E-state index is 5.46. The number of hydrogen-bond donors (Lipinski definition) is 2. The molecular formula is C22H28N6O3. The van der Waals surface area contributed by atoms with Crippen LogP contribution in [0.25, 0.3) is 5.69 Å². The lowest BCUT2D eigenvalue weighted by atomic mass is 10.1. The van der Waals surface area contributed by atoms with Crippen molar-refractivity contribution in [3.8, 4) is 22.9 Å². The molecule has 0 atom stereocenters. The molecule has 4 rings (SSSR count). The smallest absolute Gasteiger partial charge is 0.203 e. The van der Waals surface area contributed by atoms with Crippen LogP contribution in [-0.4, -0.2) is 47.4 Å². The zero-order chi connectivity index (χ0) is 22.0. The third kappa shape index (κ3) is 4.13. The van der Waals surface area contributed by atoms with Crippen molar-refractivity contribution in [1.29, 1.82) is 0 Å². The molecule has 0 saturated carbocycles. The molecule has 3 aromatic rings. The van der Waals surface area contributed by atoms with Crippen molar-refractivity contribution in [2.45, 2.75) is 32.7 Å². The molecule has 0 radical (unpaired) electrons. The fourth-order valence-corrected chi connectivity index (χ4v) is 3.61. The van der Waals surface area contributed by atoms with E-state index in [0.717, 1.165) is 48.1 Å². The average Bonchev–Trinajstić information content (AvgIpc) is 3.26. The second-order valence-electron chi connectivity index (χ2n) is 7.61. The third-order valence-electron chi connectivity index (χ3n) is 5.25. The molecular weight excluding hydrogens is 396 g/mol. The lowest BCUT2D eigenvalue weighted by Gasteiger charge is -2.21. The van der Waals surface area contributed by atoms with Gasteiger partial charge in [0.15, 0.2) is 11.5 Å². The van der Waals surface area contributed by atoms with Gasteiger partial charge in [0.2, 0.25) is 5.75 Å². The Labute approximate surface area is 181 Å². The van der Waals surface area contributed by atoms with Crippen LogP contribution in [0, 0.1) is 0 Å². The maximum Gasteiger partial charge on any atom is 0.203 e. The van der Waals surface area contributed by atoms with Gasteiger partial charge in [-0.15, -0.1) is 0 Å². The molecule has 164 valence electrons. The summed E-state index contributed by atoms with van der Waals surface area (Å²) in [5.74, 6) is 4.31. The van der Waals surface area contributed by atoms with Crippen LogP contribution in [0.2, 0.25) is 0 Å². The molecule has 2 aromatic heterocycles. The fraction of sp³-hybridized carbons (Fsp3) is 0.409. The highest BCUT2D eigenvalue weighted by molar-refractivity contribution is 5.60. The highest BCUT2D eigenvalue weighted by atomic mass is 16.5. The molecule has 0 saturated heterocycles. The van der Waals surface area contributed by atoms with Crippen LogP contribution in [-0.2, 0) is 13.0 Å². The van der Waals surface area contributed by atoms with Gasteiger partial charge in [0.05, 0.1) is 38.9 Å². The SMILES string of the molecule is COc1cc(-n2cnc(Nc3nc(C(C)C)nc4c3CCNC4)c2)cc(OC)c1OC. The van der Waals surface area contributed by atoms with Gasteiger partial charge >= 0.3 is 0 Å². The molecule has 3 heterocycles. The molecule has 0 unspecified atom stereocenters. The van der Waals surface area contributed by atoms with Gasteiger partial charge in [-0.1, -0.05) is 13.8 Å². The van der Waals surface area contributed by atoms with Crippen molar-refractivity contribution >= 4 is 11.6 Å². The summed E-state index contributed by atoms with van der Waals surface area (Å²) in [4.78, 5) is 14.1. The first-order valence-electron chi connectivity index (χ1n) is 10.3. The Morgan fingerprint density at radius 1 is 1.06 bits per heavy atom. The Hall–Kier alpha value is -3.33. The summed E-state index contributed by atoms with van der Waals surface area (Å²) in [6, 6.07) is 3.75. The zero-order valence-corrected chi connectivity index (χ0v) is 18.5. The first-order chi connectivity index (χ1) is 15.0. The van der Waals surface area contributed by atoms with Crippen LogP contribution in [0.15, 0.2) is 24.7 Å². The number of aromatic nitrogens is 4. The molecule has 0 amide bonds. The molecule has 2 N–H and O–H groups in total. The highest BCUT2D eigenvalue weighted by Crippen LogP contribution is 2.39. The first kappa shape index (κ1) is 20.9. The minimum atomic E-state index is 0.240. The molecule has 9 heteroatoms. The molecule has 0 spiro atoms. The first-order valence-corrected chi connectivity index (χ1v) is 10.3. The number of nitrogens with one attached hydrogen (secondary N) is 2. The van der Waals surface area contributed by atoms with E-state index in [1.807, 2.05) is 22.9 Å². The predicted molar refractivity (Wildman–Crippen MR) is 118 cm³/mol. The minimum absolute atomic E-state index is 0.240. The van der Waals surface area contributed by atoms with Gasteiger partial charge in [-0.2, -0.15) is 0 Å². The Kier molecular flexibility index (Phi) is 5.94. The van der Waals surface area contributed by atoms with Crippen molar-refractivity contribution in [3.05, 3.63) is 41.7 Å². The summed E-state index contributed by atoms with van der Waals surface area (Å²) in [6.45, 7) is 5.86. The molecule has 0 aliphatic carbocycles. The average molecular weight is 425 g/mol. The van der Waals surface area contributed by atoms with E-state index >= 15 is 0 Å². The normalized spacial score (nSPS) is 13.1. The molecule has 9 nitrogen and oxygen atoms in total. The largest absolute Gasteiger partial charge is 0.493 e. The summed E-state index contributed by atoms with van der Waals surface area (Å²) in [7, 11) is 4.78. The Morgan fingerprint density at radius 2 is 1.81 bits per heavy atom. The summed E-state index contributed by atoms with van der Waals surface area (Å²) >= 11 is 0. The van der Waals surface area contributed by atoms with Crippen molar-refractivity contribution in [2.75, 3.05) is 33.2 Å². The number of ether oxygens (including phenoxy) is 3. The van der Waals surface area contributed by atoms with Gasteiger partial charge in [-0.25, -0.2) is 15.0 Å². The molecule has 0 bridgehead atoms. The number of hydrogen-bond acceptors (Lipinski definition) is 8. The monoisotopic (exact) mass is 424 g/mol. The van der Waals surface area contributed by atoms with Crippen LogP contribution < -0.4 is 24.8 Å². The van der Waals surface area contributed by atoms with Gasteiger partial charge in [0.25, 0.3) is 0 Å². The molecule has 1 aliphatic heterocycles. The molecule has 31 heavy (non-hydrogen) atoms. The number of nitrogens with zero attached hydrogens (tertiary/aromatic N) is 4. The minimum Gasteiger partial charge on any atom is -0.493 e. The topological polar surface area (TPSA) is 95.4 Å². The lowest BCUT2D eigenvalue weighted by Crippen LogP contribution is -2.27. The number of fused-ring (bicyclic) bond motifs is 1. The van der Waals surface area contributed by atoms with E-state index < -0.39 is 0 Å². The second-order valence-corrected chi connectivity index (χ2v) is 7.61. The summed E-state index contributed by atoms with van der Waals surface area (Å²) < 4.78 is 18.2. The van der Waals surface area contributed by atoms with Gasteiger partial charge in [0.1, 0.15) is 23.8 Å².